The highest BCUT2D eigenvalue weighted by Crippen LogP contribution is 2.08. The summed E-state index contributed by atoms with van der Waals surface area (Å²) in [5.41, 5.74) is 6.83. The number of hydrogen-bond acceptors (Lipinski definition) is 3. The number of hydroxylamine groups is 2. The topological polar surface area (TPSA) is 55.6 Å². The van der Waals surface area contributed by atoms with Crippen LogP contribution in [0.3, 0.4) is 0 Å². The maximum Gasteiger partial charge on any atom is 0.233 e. The fraction of sp³-hybridized carbons (Fsp3) is 0.462. The highest BCUT2D eigenvalue weighted by Gasteiger charge is 2.17. The molecule has 0 aliphatic carbocycles. The molecule has 0 saturated heterocycles. The zero-order valence-electron chi connectivity index (χ0n) is 10.4. The van der Waals surface area contributed by atoms with E-state index in [0.717, 1.165) is 5.56 Å². The monoisotopic (exact) mass is 236 g/mol. The molecule has 0 saturated carbocycles. The van der Waals surface area contributed by atoms with Gasteiger partial charge in [0.2, 0.25) is 6.41 Å². The first-order chi connectivity index (χ1) is 8.17. The lowest BCUT2D eigenvalue weighted by Gasteiger charge is -2.27. The summed E-state index contributed by atoms with van der Waals surface area (Å²) in [6.45, 7) is 4.14. The predicted molar refractivity (Wildman–Crippen MR) is 67.1 cm³/mol. The third kappa shape index (κ3) is 4.54. The molecule has 0 spiro atoms. The van der Waals surface area contributed by atoms with Crippen molar-refractivity contribution in [2.45, 2.75) is 32.4 Å². The maximum absolute atomic E-state index is 11.0. The third-order valence-corrected chi connectivity index (χ3v) is 2.38. The second-order valence-corrected chi connectivity index (χ2v) is 4.20. The van der Waals surface area contributed by atoms with Crippen LogP contribution >= 0.6 is 0 Å². The predicted octanol–water partition coefficient (Wildman–Crippen LogP) is 1.35. The number of carbonyl (C=O) groups excluding carboxylic acids is 1. The molecule has 94 valence electrons. The molecule has 0 aromatic heterocycles. The summed E-state index contributed by atoms with van der Waals surface area (Å²) in [4.78, 5) is 16.4. The quantitative estimate of drug-likeness (QED) is 0.574. The Morgan fingerprint density at radius 1 is 1.35 bits per heavy atom. The molecule has 1 aromatic carbocycles. The van der Waals surface area contributed by atoms with Crippen molar-refractivity contribution in [1.29, 1.82) is 0 Å². The van der Waals surface area contributed by atoms with E-state index in [1.54, 1.807) is 0 Å². The van der Waals surface area contributed by atoms with E-state index in [4.69, 9.17) is 10.6 Å². The molecule has 1 aromatic rings. The summed E-state index contributed by atoms with van der Waals surface area (Å²) in [6, 6.07) is 9.80. The second-order valence-electron chi connectivity index (χ2n) is 4.20. The molecule has 2 N–H and O–H groups in total. The Morgan fingerprint density at radius 3 is 2.47 bits per heavy atom. The molecule has 0 fully saturated rings. The average molecular weight is 236 g/mol. The molecule has 1 amide bonds. The highest BCUT2D eigenvalue weighted by atomic mass is 16.7. The van der Waals surface area contributed by atoms with Crippen LogP contribution in [0.5, 0.6) is 0 Å². The highest BCUT2D eigenvalue weighted by molar-refractivity contribution is 5.46. The second kappa shape index (κ2) is 7.04. The molecule has 0 heterocycles. The van der Waals surface area contributed by atoms with Gasteiger partial charge >= 0.3 is 0 Å². The molecule has 0 radical (unpaired) electrons. The first kappa shape index (κ1) is 13.7. The van der Waals surface area contributed by atoms with E-state index in [0.29, 0.717) is 19.4 Å². The van der Waals surface area contributed by atoms with Crippen LogP contribution in [0.4, 0.5) is 0 Å². The normalized spacial score (nSPS) is 12.5. The zero-order chi connectivity index (χ0) is 12.7. The molecule has 4 heteroatoms. The molecule has 0 aliphatic heterocycles. The summed E-state index contributed by atoms with van der Waals surface area (Å²) in [5, 5.41) is 1.32. The van der Waals surface area contributed by atoms with Gasteiger partial charge in [0.05, 0.1) is 12.1 Å². The van der Waals surface area contributed by atoms with Crippen LogP contribution in [0.1, 0.15) is 19.4 Å². The largest absolute Gasteiger partial charge is 0.328 e. The van der Waals surface area contributed by atoms with Gasteiger partial charge in [-0.15, -0.1) is 0 Å². The Balaban J connectivity index is 2.66. The number of rotatable bonds is 7. The minimum Gasteiger partial charge on any atom is -0.328 e. The van der Waals surface area contributed by atoms with E-state index in [1.165, 1.54) is 5.06 Å². The molecule has 4 nitrogen and oxygen atoms in total. The molecule has 0 aliphatic rings. The molecule has 1 rings (SSSR count). The van der Waals surface area contributed by atoms with Crippen LogP contribution in [0.25, 0.3) is 0 Å². The molecule has 17 heavy (non-hydrogen) atoms. The van der Waals surface area contributed by atoms with Crippen molar-refractivity contribution in [3.63, 3.8) is 0 Å². The Bertz CT molecular complexity index is 327. The van der Waals surface area contributed by atoms with Crippen molar-refractivity contribution >= 4 is 6.41 Å². The molecular weight excluding hydrogens is 216 g/mol. The number of hydrogen-bond donors (Lipinski definition) is 1. The van der Waals surface area contributed by atoms with Crippen molar-refractivity contribution in [1.82, 2.24) is 5.06 Å². The molecule has 1 unspecified atom stereocenters. The van der Waals surface area contributed by atoms with E-state index in [-0.39, 0.29) is 12.1 Å². The number of amides is 1. The summed E-state index contributed by atoms with van der Waals surface area (Å²) in [6.07, 6.45) is 1.36. The Kier molecular flexibility index (Phi) is 5.66. The van der Waals surface area contributed by atoms with Crippen LogP contribution < -0.4 is 5.73 Å². The van der Waals surface area contributed by atoms with Crippen LogP contribution in [-0.2, 0) is 16.1 Å². The summed E-state index contributed by atoms with van der Waals surface area (Å²) < 4.78 is 0. The Morgan fingerprint density at radius 2 is 2.00 bits per heavy atom. The van der Waals surface area contributed by atoms with Crippen LogP contribution in [0.15, 0.2) is 30.3 Å². The van der Waals surface area contributed by atoms with Gasteiger partial charge in [-0.25, -0.2) is 5.06 Å². The number of benzene rings is 1. The maximum atomic E-state index is 11.0. The van der Waals surface area contributed by atoms with Crippen molar-refractivity contribution in [2.24, 2.45) is 5.73 Å². The van der Waals surface area contributed by atoms with Gasteiger partial charge < -0.3 is 5.73 Å². The van der Waals surface area contributed by atoms with E-state index in [9.17, 15) is 4.79 Å². The van der Waals surface area contributed by atoms with Gasteiger partial charge in [-0.1, -0.05) is 30.3 Å². The molecule has 1 atom stereocenters. The van der Waals surface area contributed by atoms with E-state index in [2.05, 4.69) is 0 Å². The van der Waals surface area contributed by atoms with Crippen molar-refractivity contribution in [3.05, 3.63) is 35.9 Å². The van der Waals surface area contributed by atoms with Gasteiger partial charge in [-0.3, -0.25) is 9.63 Å². The van der Waals surface area contributed by atoms with Gasteiger partial charge in [0.15, 0.2) is 0 Å². The van der Waals surface area contributed by atoms with Gasteiger partial charge in [0.1, 0.15) is 0 Å². The first-order valence-electron chi connectivity index (χ1n) is 5.81. The lowest BCUT2D eigenvalue weighted by atomic mass is 10.1. The summed E-state index contributed by atoms with van der Waals surface area (Å²) >= 11 is 0. The third-order valence-electron chi connectivity index (χ3n) is 2.38. The van der Waals surface area contributed by atoms with Crippen molar-refractivity contribution < 1.29 is 9.63 Å². The standard InChI is InChI=1S/C13H20N2O2/c1-11(2)17-15(10-16)13(9-14)8-12-6-4-3-5-7-12/h3-7,10-11,13H,8-9,14H2,1-2H3. The van der Waals surface area contributed by atoms with Crippen LogP contribution in [-0.4, -0.2) is 30.2 Å². The smallest absolute Gasteiger partial charge is 0.233 e. The van der Waals surface area contributed by atoms with Gasteiger partial charge in [0.25, 0.3) is 0 Å². The van der Waals surface area contributed by atoms with Gasteiger partial charge in [0, 0.05) is 6.54 Å². The number of nitrogens with zero attached hydrogens (tertiary/aromatic N) is 1. The number of nitrogens with two attached hydrogens (primary N) is 1. The minimum absolute atomic E-state index is 0.0370. The van der Waals surface area contributed by atoms with Gasteiger partial charge in [-0.05, 0) is 25.8 Å². The van der Waals surface area contributed by atoms with E-state index < -0.39 is 0 Å². The van der Waals surface area contributed by atoms with Crippen molar-refractivity contribution in [2.75, 3.05) is 6.54 Å². The minimum atomic E-state index is -0.128. The number of carbonyl (C=O) groups is 1. The van der Waals surface area contributed by atoms with E-state index >= 15 is 0 Å². The molecular formula is C13H20N2O2. The Hall–Kier alpha value is -1.39. The lowest BCUT2D eigenvalue weighted by molar-refractivity contribution is -0.201. The molecule has 0 bridgehead atoms. The summed E-state index contributed by atoms with van der Waals surface area (Å²) in [5.74, 6) is 0. The fourth-order valence-electron chi connectivity index (χ4n) is 1.60. The first-order valence-corrected chi connectivity index (χ1v) is 5.81. The summed E-state index contributed by atoms with van der Waals surface area (Å²) in [7, 11) is 0. The van der Waals surface area contributed by atoms with Crippen LogP contribution in [0, 0.1) is 0 Å². The van der Waals surface area contributed by atoms with Crippen LogP contribution in [0.2, 0.25) is 0 Å². The van der Waals surface area contributed by atoms with Crippen molar-refractivity contribution in [3.8, 4) is 0 Å². The lowest BCUT2D eigenvalue weighted by Crippen LogP contribution is -2.42. The SMILES string of the molecule is CC(C)ON(C=O)C(CN)Cc1ccccc1. The fourth-order valence-corrected chi connectivity index (χ4v) is 1.60. The van der Waals surface area contributed by atoms with E-state index in [1.807, 2.05) is 44.2 Å². The Labute approximate surface area is 102 Å². The average Bonchev–Trinajstić information content (AvgIpc) is 2.34. The van der Waals surface area contributed by atoms with Gasteiger partial charge in [-0.2, -0.15) is 0 Å². The zero-order valence-corrected chi connectivity index (χ0v) is 10.4.